The van der Waals surface area contributed by atoms with E-state index >= 15 is 0 Å². The molecule has 4 aromatic carbocycles. The zero-order valence-electron chi connectivity index (χ0n) is 33.4. The fraction of sp³-hybridized carbons (Fsp3) is 0.273. The largest absolute Gasteiger partial charge is 0.507 e. The number of carboxylic acid groups (broad SMARTS) is 4. The summed E-state index contributed by atoms with van der Waals surface area (Å²) in [5.41, 5.74) is -4.67. The fourth-order valence-corrected chi connectivity index (χ4v) is 9.26. The molecule has 330 valence electrons. The van der Waals surface area contributed by atoms with Crippen molar-refractivity contribution < 1.29 is 78.8 Å². The summed E-state index contributed by atoms with van der Waals surface area (Å²) in [6.45, 7) is 1.40. The molecule has 0 radical (unpaired) electrons. The molecule has 4 fully saturated rings. The topological polar surface area (TPSA) is 307 Å². The molecule has 64 heavy (non-hydrogen) atoms. The number of fused-ring (bicyclic) bond motifs is 4. The average Bonchev–Trinajstić information content (AvgIpc) is 4.09. The van der Waals surface area contributed by atoms with Gasteiger partial charge in [-0.15, -0.1) is 0 Å². The second-order valence-electron chi connectivity index (χ2n) is 16.1. The number of benzene rings is 4. The predicted octanol–water partition coefficient (Wildman–Crippen LogP) is 5.30. The van der Waals surface area contributed by atoms with Crippen molar-refractivity contribution in [1.82, 2.24) is 0 Å². The normalized spacial score (nSPS) is 19.2. The summed E-state index contributed by atoms with van der Waals surface area (Å²) in [6, 6.07) is 11.4. The lowest BCUT2D eigenvalue weighted by atomic mass is 10.0. The molecule has 2 amide bonds. The van der Waals surface area contributed by atoms with Crippen LogP contribution in [0.4, 0.5) is 22.7 Å². The van der Waals surface area contributed by atoms with E-state index in [1.54, 1.807) is 6.07 Å². The highest BCUT2D eigenvalue weighted by Gasteiger charge is 2.40. The molecule has 2 saturated carbocycles. The lowest BCUT2D eigenvalue weighted by molar-refractivity contribution is -0.187. The van der Waals surface area contributed by atoms with Crippen molar-refractivity contribution in [3.63, 3.8) is 0 Å². The van der Waals surface area contributed by atoms with Gasteiger partial charge in [-0.05, 0) is 111 Å². The number of rotatable bonds is 12. The van der Waals surface area contributed by atoms with Crippen LogP contribution in [0.2, 0.25) is 0 Å². The lowest BCUT2D eigenvalue weighted by Crippen LogP contribution is -2.32. The number of carboxylic acids is 4. The Balaban J connectivity index is 1.07. The molecule has 0 aromatic heterocycles. The summed E-state index contributed by atoms with van der Waals surface area (Å²) in [7, 11) is 0. The molecule has 4 aromatic rings. The third-order valence-electron chi connectivity index (χ3n) is 12.3. The van der Waals surface area contributed by atoms with E-state index in [0.717, 1.165) is 45.1 Å². The third kappa shape index (κ3) is 8.03. The smallest absolute Gasteiger partial charge is 0.388 e. The second-order valence-corrected chi connectivity index (χ2v) is 16.1. The van der Waals surface area contributed by atoms with Gasteiger partial charge in [-0.1, -0.05) is 0 Å². The molecule has 8 N–H and O–H groups in total. The molecule has 4 atom stereocenters. The number of carbonyl (C=O) groups is 8. The third-order valence-corrected chi connectivity index (χ3v) is 12.3. The number of carbonyl (C=O) groups excluding carboxylic acids is 4. The molecule has 2 saturated heterocycles. The first-order chi connectivity index (χ1) is 30.5. The van der Waals surface area contributed by atoms with Crippen LogP contribution in [0.1, 0.15) is 121 Å². The molecule has 8 rings (SSSR count). The first-order valence-corrected chi connectivity index (χ1v) is 20.0. The van der Waals surface area contributed by atoms with Crippen molar-refractivity contribution >= 4 is 70.4 Å². The summed E-state index contributed by atoms with van der Waals surface area (Å²) in [4.78, 5) is 116. The zero-order valence-corrected chi connectivity index (χ0v) is 33.4. The molecule has 2 aliphatic carbocycles. The highest BCUT2D eigenvalue weighted by atomic mass is 17.2. The van der Waals surface area contributed by atoms with Gasteiger partial charge in [0.1, 0.15) is 22.6 Å². The number of piperidine rings is 2. The predicted molar refractivity (Wildman–Crippen MR) is 221 cm³/mol. The first-order valence-electron chi connectivity index (χ1n) is 20.0. The van der Waals surface area contributed by atoms with Crippen molar-refractivity contribution in [2.45, 2.75) is 50.6 Å². The van der Waals surface area contributed by atoms with Crippen molar-refractivity contribution in [3.05, 3.63) is 105 Å². The molecular formula is C44H38N4O16. The van der Waals surface area contributed by atoms with Crippen molar-refractivity contribution in [2.75, 3.05) is 33.5 Å². The molecule has 2 aliphatic heterocycles. The number of hydrogen-bond donors (Lipinski definition) is 8. The second kappa shape index (κ2) is 16.6. The van der Waals surface area contributed by atoms with Crippen LogP contribution in [0.25, 0.3) is 0 Å². The molecule has 2 heterocycles. The van der Waals surface area contributed by atoms with Crippen molar-refractivity contribution in [3.8, 4) is 11.5 Å². The van der Waals surface area contributed by atoms with Gasteiger partial charge in [0.25, 0.3) is 11.8 Å². The van der Waals surface area contributed by atoms with E-state index in [0.29, 0.717) is 54.0 Å². The quantitative estimate of drug-likeness (QED) is 0.0661. The molecule has 4 bridgehead atoms. The van der Waals surface area contributed by atoms with Gasteiger partial charge in [-0.25, -0.2) is 38.5 Å². The van der Waals surface area contributed by atoms with Gasteiger partial charge in [0.15, 0.2) is 0 Å². The number of aromatic carboxylic acids is 4. The number of hydrogen-bond acceptors (Lipinski definition) is 14. The zero-order chi connectivity index (χ0) is 45.7. The fourth-order valence-electron chi connectivity index (χ4n) is 9.26. The SMILES string of the molecule is O=C(O)c1cc(C(=O)O)c(C(=O)Nc2cc(N3CC4CCC3C4)ccc2C(=O)OOC(=O)c2cc(O)c(C(=O)O)cc2C(=O)Nc2cc(N3CC4CCC3C4)ccc2C(=O)O)cc1O. The maximum atomic E-state index is 13.9. The van der Waals surface area contributed by atoms with Gasteiger partial charge in [0, 0.05) is 36.5 Å². The van der Waals surface area contributed by atoms with Crippen LogP contribution in [-0.2, 0) is 9.78 Å². The van der Waals surface area contributed by atoms with Crippen LogP contribution >= 0.6 is 0 Å². The van der Waals surface area contributed by atoms with Crippen LogP contribution in [0, 0.1) is 11.8 Å². The molecule has 20 nitrogen and oxygen atoms in total. The summed E-state index contributed by atoms with van der Waals surface area (Å²) in [5.74, 6) is -12.9. The molecular weight excluding hydrogens is 840 g/mol. The Hall–Kier alpha value is -8.16. The standard InChI is InChI=1S/C44H38N4O16/c49-35-15-28(29(40(55)56)14-32(35)42(59)60)38(52)46-34-12-24(48-18-20-2-4-22(48)10-20)6-8-26(34)43(61)63-64-44(62)30-16-36(50)31(41(57)58)13-27(30)37(51)45-33-11-23(5-7-25(33)39(53)54)47-17-19-1-3-21(47)9-19/h5-8,11-16,19-22,49-50H,1-4,9-10,17-18H2,(H,45,51)(H,46,52)(H,53,54)(H,55,56)(H,57,58)(H,59,60). The van der Waals surface area contributed by atoms with Gasteiger partial charge >= 0.3 is 35.8 Å². The van der Waals surface area contributed by atoms with E-state index in [2.05, 4.69) is 20.4 Å². The van der Waals surface area contributed by atoms with E-state index in [-0.39, 0.29) is 29.0 Å². The van der Waals surface area contributed by atoms with Gasteiger partial charge in [0.05, 0.1) is 44.8 Å². The van der Waals surface area contributed by atoms with E-state index in [4.69, 9.17) is 9.78 Å². The average molecular weight is 879 g/mol. The highest BCUT2D eigenvalue weighted by molar-refractivity contribution is 6.16. The number of aromatic hydroxyl groups is 2. The number of phenols is 2. The number of nitrogens with zero attached hydrogens (tertiary/aromatic N) is 2. The minimum atomic E-state index is -1.71. The van der Waals surface area contributed by atoms with Crippen LogP contribution < -0.4 is 20.4 Å². The van der Waals surface area contributed by atoms with E-state index in [1.165, 1.54) is 30.3 Å². The lowest BCUT2D eigenvalue weighted by Gasteiger charge is -2.29. The van der Waals surface area contributed by atoms with Gasteiger partial charge in [-0.3, -0.25) is 9.59 Å². The number of amides is 2. The minimum absolute atomic E-state index is 0.154. The Bertz CT molecular complexity index is 2720. The van der Waals surface area contributed by atoms with Crippen LogP contribution in [0.15, 0.2) is 60.7 Å². The molecule has 0 spiro atoms. The Morgan fingerprint density at radius 3 is 1.31 bits per heavy atom. The van der Waals surface area contributed by atoms with E-state index in [9.17, 15) is 69.0 Å². The molecule has 4 aliphatic rings. The van der Waals surface area contributed by atoms with Crippen LogP contribution in [0.5, 0.6) is 11.5 Å². The van der Waals surface area contributed by atoms with Gasteiger partial charge in [0.2, 0.25) is 0 Å². The summed E-state index contributed by atoms with van der Waals surface area (Å²) in [6.07, 6.45) is 5.79. The number of nitrogens with one attached hydrogen (secondary N) is 2. The van der Waals surface area contributed by atoms with Crippen LogP contribution in [0.3, 0.4) is 0 Å². The maximum absolute atomic E-state index is 13.9. The van der Waals surface area contributed by atoms with Crippen LogP contribution in [-0.4, -0.2) is 103 Å². The molecule has 4 unspecified atom stereocenters. The summed E-state index contributed by atoms with van der Waals surface area (Å²) < 4.78 is 0. The first kappa shape index (κ1) is 42.5. The minimum Gasteiger partial charge on any atom is -0.507 e. The van der Waals surface area contributed by atoms with Gasteiger partial charge < -0.3 is 51.1 Å². The monoisotopic (exact) mass is 878 g/mol. The Labute approximate surface area is 361 Å². The maximum Gasteiger partial charge on any atom is 0.388 e. The van der Waals surface area contributed by atoms with E-state index < -0.39 is 98.1 Å². The highest BCUT2D eigenvalue weighted by Crippen LogP contribution is 2.43. The Morgan fingerprint density at radius 1 is 0.469 bits per heavy atom. The summed E-state index contributed by atoms with van der Waals surface area (Å²) in [5, 5.41) is 64.5. The van der Waals surface area contributed by atoms with E-state index in [1.807, 2.05) is 0 Å². The Kier molecular flexibility index (Phi) is 11.0. The van der Waals surface area contributed by atoms with Gasteiger partial charge in [-0.2, -0.15) is 0 Å². The summed E-state index contributed by atoms with van der Waals surface area (Å²) >= 11 is 0. The van der Waals surface area contributed by atoms with Crippen molar-refractivity contribution in [2.24, 2.45) is 11.8 Å². The molecule has 20 heteroatoms. The Morgan fingerprint density at radius 2 is 0.875 bits per heavy atom. The van der Waals surface area contributed by atoms with Crippen molar-refractivity contribution in [1.29, 1.82) is 0 Å². The number of anilines is 4.